The van der Waals surface area contributed by atoms with Crippen molar-refractivity contribution in [2.75, 3.05) is 0 Å². The van der Waals surface area contributed by atoms with Crippen molar-refractivity contribution >= 4 is 16.0 Å². The lowest BCUT2D eigenvalue weighted by Crippen LogP contribution is -2.35. The Balaban J connectivity index is 2.83. The molecule has 18 heavy (non-hydrogen) atoms. The maximum absolute atomic E-state index is 11.1. The largest absolute Gasteiger partial charge is 0.480 e. The predicted molar refractivity (Wildman–Crippen MR) is 66.5 cm³/mol. The van der Waals surface area contributed by atoms with Crippen molar-refractivity contribution in [2.24, 2.45) is 5.14 Å². The summed E-state index contributed by atoms with van der Waals surface area (Å²) in [4.78, 5) is 10.7. The highest BCUT2D eigenvalue weighted by Crippen LogP contribution is 2.15. The van der Waals surface area contributed by atoms with Crippen molar-refractivity contribution in [3.63, 3.8) is 0 Å². The molecule has 2 atom stereocenters. The normalized spacial score (nSPS) is 15.1. The lowest BCUT2D eigenvalue weighted by molar-refractivity contribution is -0.139. The van der Waals surface area contributed by atoms with Crippen molar-refractivity contribution in [1.82, 2.24) is 5.32 Å². The fraction of sp³-hybridized carbons (Fsp3) is 0.364. The Morgan fingerprint density at radius 3 is 2.17 bits per heavy atom. The number of carboxylic acids is 1. The zero-order valence-electron chi connectivity index (χ0n) is 10.1. The molecule has 0 heterocycles. The van der Waals surface area contributed by atoms with Crippen LogP contribution in [0.5, 0.6) is 0 Å². The molecule has 0 saturated carbocycles. The third kappa shape index (κ3) is 3.80. The monoisotopic (exact) mass is 272 g/mol. The van der Waals surface area contributed by atoms with E-state index < -0.39 is 22.0 Å². The van der Waals surface area contributed by atoms with Crippen LogP contribution >= 0.6 is 0 Å². The van der Waals surface area contributed by atoms with Crippen molar-refractivity contribution in [1.29, 1.82) is 0 Å². The molecule has 1 aromatic carbocycles. The molecule has 4 N–H and O–H groups in total. The first-order valence-electron chi connectivity index (χ1n) is 5.33. The van der Waals surface area contributed by atoms with Crippen LogP contribution in [0, 0.1) is 0 Å². The van der Waals surface area contributed by atoms with E-state index in [0.29, 0.717) is 0 Å². The minimum atomic E-state index is -3.70. The van der Waals surface area contributed by atoms with Gasteiger partial charge in [-0.25, -0.2) is 13.6 Å². The number of nitrogens with one attached hydrogen (secondary N) is 1. The van der Waals surface area contributed by atoms with Gasteiger partial charge in [-0.2, -0.15) is 0 Å². The van der Waals surface area contributed by atoms with Gasteiger partial charge in [0.15, 0.2) is 0 Å². The number of carboxylic acid groups (broad SMARTS) is 1. The molecule has 0 radical (unpaired) electrons. The number of carbonyl (C=O) groups is 1. The van der Waals surface area contributed by atoms with Crippen molar-refractivity contribution in [3.8, 4) is 0 Å². The quantitative estimate of drug-likeness (QED) is 0.721. The summed E-state index contributed by atoms with van der Waals surface area (Å²) in [6.07, 6.45) is 0. The van der Waals surface area contributed by atoms with Gasteiger partial charge in [-0.05, 0) is 31.5 Å². The zero-order chi connectivity index (χ0) is 13.9. The molecule has 0 fully saturated rings. The first kappa shape index (κ1) is 14.6. The predicted octanol–water partition coefficient (Wildman–Crippen LogP) is 0.458. The van der Waals surface area contributed by atoms with Gasteiger partial charge < -0.3 is 5.11 Å². The molecule has 1 rings (SSSR count). The van der Waals surface area contributed by atoms with Gasteiger partial charge in [0.25, 0.3) is 0 Å². The summed E-state index contributed by atoms with van der Waals surface area (Å²) in [6.45, 7) is 3.34. The van der Waals surface area contributed by atoms with Gasteiger partial charge in [-0.3, -0.25) is 10.1 Å². The van der Waals surface area contributed by atoms with Crippen LogP contribution in [0.3, 0.4) is 0 Å². The average Bonchev–Trinajstić information content (AvgIpc) is 2.27. The molecule has 0 bridgehead atoms. The molecule has 1 aromatic rings. The fourth-order valence-electron chi connectivity index (χ4n) is 1.49. The maximum Gasteiger partial charge on any atom is 0.320 e. The molecule has 7 heteroatoms. The van der Waals surface area contributed by atoms with E-state index in [-0.39, 0.29) is 10.9 Å². The van der Waals surface area contributed by atoms with Crippen LogP contribution in [0.2, 0.25) is 0 Å². The van der Waals surface area contributed by atoms with E-state index in [4.69, 9.17) is 10.2 Å². The Kier molecular flexibility index (Phi) is 4.44. The van der Waals surface area contributed by atoms with Gasteiger partial charge in [0.05, 0.1) is 4.90 Å². The molecule has 0 amide bonds. The van der Waals surface area contributed by atoms with Gasteiger partial charge in [0.1, 0.15) is 6.04 Å². The first-order valence-corrected chi connectivity index (χ1v) is 6.88. The highest BCUT2D eigenvalue weighted by molar-refractivity contribution is 7.89. The second kappa shape index (κ2) is 5.47. The number of primary sulfonamides is 1. The van der Waals surface area contributed by atoms with Crippen molar-refractivity contribution < 1.29 is 18.3 Å². The second-order valence-electron chi connectivity index (χ2n) is 4.06. The minimum Gasteiger partial charge on any atom is -0.480 e. The van der Waals surface area contributed by atoms with Crippen LogP contribution in [0.4, 0.5) is 0 Å². The van der Waals surface area contributed by atoms with E-state index in [1.165, 1.54) is 19.1 Å². The molecular weight excluding hydrogens is 256 g/mol. The number of aliphatic carboxylic acids is 1. The number of nitrogens with two attached hydrogens (primary N) is 1. The molecule has 0 aliphatic heterocycles. The van der Waals surface area contributed by atoms with E-state index in [0.717, 1.165) is 5.56 Å². The van der Waals surface area contributed by atoms with E-state index in [2.05, 4.69) is 5.32 Å². The molecule has 6 nitrogen and oxygen atoms in total. The minimum absolute atomic E-state index is 0.0322. The number of rotatable bonds is 5. The van der Waals surface area contributed by atoms with Gasteiger partial charge in [0.2, 0.25) is 10.0 Å². The number of hydrogen-bond acceptors (Lipinski definition) is 4. The zero-order valence-corrected chi connectivity index (χ0v) is 10.9. The molecular formula is C11H16N2O4S. The summed E-state index contributed by atoms with van der Waals surface area (Å²) >= 11 is 0. The van der Waals surface area contributed by atoms with Gasteiger partial charge in [0, 0.05) is 6.04 Å². The van der Waals surface area contributed by atoms with Crippen LogP contribution in [0.15, 0.2) is 29.2 Å². The van der Waals surface area contributed by atoms with E-state index in [1.807, 2.05) is 0 Å². The fourth-order valence-corrected chi connectivity index (χ4v) is 2.00. The molecule has 0 spiro atoms. The van der Waals surface area contributed by atoms with Gasteiger partial charge in [-0.1, -0.05) is 12.1 Å². The average molecular weight is 272 g/mol. The van der Waals surface area contributed by atoms with E-state index in [1.54, 1.807) is 19.1 Å². The summed E-state index contributed by atoms with van der Waals surface area (Å²) in [7, 11) is -3.70. The first-order chi connectivity index (χ1) is 8.21. The molecule has 0 aliphatic rings. The van der Waals surface area contributed by atoms with Crippen LogP contribution in [0.1, 0.15) is 25.5 Å². The third-order valence-electron chi connectivity index (χ3n) is 2.58. The maximum atomic E-state index is 11.1. The van der Waals surface area contributed by atoms with Gasteiger partial charge >= 0.3 is 5.97 Å². The van der Waals surface area contributed by atoms with Crippen molar-refractivity contribution in [3.05, 3.63) is 29.8 Å². The Hall–Kier alpha value is -1.44. The smallest absolute Gasteiger partial charge is 0.320 e. The Morgan fingerprint density at radius 1 is 1.28 bits per heavy atom. The van der Waals surface area contributed by atoms with Crippen LogP contribution < -0.4 is 10.5 Å². The van der Waals surface area contributed by atoms with E-state index >= 15 is 0 Å². The Morgan fingerprint density at radius 2 is 1.78 bits per heavy atom. The summed E-state index contributed by atoms with van der Waals surface area (Å²) in [5, 5.41) is 16.6. The summed E-state index contributed by atoms with van der Waals surface area (Å²) in [6, 6.07) is 5.11. The van der Waals surface area contributed by atoms with Crippen molar-refractivity contribution in [2.45, 2.75) is 30.8 Å². The lowest BCUT2D eigenvalue weighted by atomic mass is 10.1. The van der Waals surface area contributed by atoms with Crippen LogP contribution in [-0.2, 0) is 14.8 Å². The second-order valence-corrected chi connectivity index (χ2v) is 5.62. The Bertz CT molecular complexity index is 524. The van der Waals surface area contributed by atoms with Crippen LogP contribution in [-0.4, -0.2) is 25.5 Å². The number of benzene rings is 1. The van der Waals surface area contributed by atoms with Crippen LogP contribution in [0.25, 0.3) is 0 Å². The van der Waals surface area contributed by atoms with Gasteiger partial charge in [-0.15, -0.1) is 0 Å². The highest BCUT2D eigenvalue weighted by Gasteiger charge is 2.15. The molecule has 0 aromatic heterocycles. The summed E-state index contributed by atoms with van der Waals surface area (Å²) in [5.74, 6) is -0.942. The highest BCUT2D eigenvalue weighted by atomic mass is 32.2. The topological polar surface area (TPSA) is 109 Å². The summed E-state index contributed by atoms with van der Waals surface area (Å²) in [5.41, 5.74) is 0.788. The molecule has 2 unspecified atom stereocenters. The standard InChI is InChI=1S/C11H16N2O4S/c1-7(13-8(2)11(14)15)9-3-5-10(6-4-9)18(12,16)17/h3-8,13H,1-2H3,(H,14,15)(H2,12,16,17). The molecule has 0 aliphatic carbocycles. The third-order valence-corrected chi connectivity index (χ3v) is 3.51. The number of hydrogen-bond donors (Lipinski definition) is 3. The molecule has 100 valence electrons. The number of sulfonamides is 1. The van der Waals surface area contributed by atoms with E-state index in [9.17, 15) is 13.2 Å². The lowest BCUT2D eigenvalue weighted by Gasteiger charge is -2.17. The Labute approximate surface area is 106 Å². The SMILES string of the molecule is CC(NC(C)c1ccc(S(N)(=O)=O)cc1)C(=O)O. The molecule has 0 saturated heterocycles. The summed E-state index contributed by atoms with van der Waals surface area (Å²) < 4.78 is 22.1.